The van der Waals surface area contributed by atoms with Gasteiger partial charge in [0.2, 0.25) is 5.82 Å². The summed E-state index contributed by atoms with van der Waals surface area (Å²) in [4.78, 5) is 5.05. The second-order valence-corrected chi connectivity index (χ2v) is 8.67. The van der Waals surface area contributed by atoms with Crippen LogP contribution in [0.2, 0.25) is 0 Å². The van der Waals surface area contributed by atoms with Gasteiger partial charge < -0.3 is 10.2 Å². The van der Waals surface area contributed by atoms with Crippen molar-refractivity contribution in [2.75, 3.05) is 18.4 Å². The SMILES string of the molecule is CC(C)c1ccc(NC(=S)N2CCC(n3nnc(-c4cccs4)n3)CC2)cc1. The summed E-state index contributed by atoms with van der Waals surface area (Å²) in [5.74, 6) is 1.24. The van der Waals surface area contributed by atoms with Gasteiger partial charge in [0, 0.05) is 18.8 Å². The van der Waals surface area contributed by atoms with E-state index in [1.165, 1.54) is 5.56 Å². The molecule has 0 saturated carbocycles. The first-order chi connectivity index (χ1) is 13.6. The first-order valence-corrected chi connectivity index (χ1v) is 10.9. The Morgan fingerprint density at radius 3 is 2.57 bits per heavy atom. The maximum absolute atomic E-state index is 5.62. The molecular formula is C20H24N6S2. The van der Waals surface area contributed by atoms with Crippen molar-refractivity contribution in [3.8, 4) is 10.7 Å². The molecule has 3 heterocycles. The van der Waals surface area contributed by atoms with Crippen LogP contribution in [0.4, 0.5) is 5.69 Å². The molecular weight excluding hydrogens is 388 g/mol. The lowest BCUT2D eigenvalue weighted by Crippen LogP contribution is -2.41. The molecule has 1 aliphatic rings. The Kier molecular flexibility index (Phi) is 5.68. The van der Waals surface area contributed by atoms with Gasteiger partial charge in [0.1, 0.15) is 0 Å². The first-order valence-electron chi connectivity index (χ1n) is 9.59. The van der Waals surface area contributed by atoms with Crippen LogP contribution in [-0.4, -0.2) is 43.3 Å². The third-order valence-corrected chi connectivity index (χ3v) is 6.30. The molecule has 2 aromatic heterocycles. The highest BCUT2D eigenvalue weighted by Gasteiger charge is 2.24. The summed E-state index contributed by atoms with van der Waals surface area (Å²) >= 11 is 7.25. The minimum Gasteiger partial charge on any atom is -0.349 e. The molecule has 3 aromatic rings. The highest BCUT2D eigenvalue weighted by atomic mass is 32.1. The lowest BCUT2D eigenvalue weighted by atomic mass is 10.0. The van der Waals surface area contributed by atoms with Gasteiger partial charge in [-0.05, 0) is 65.3 Å². The molecule has 0 unspecified atom stereocenters. The molecule has 28 heavy (non-hydrogen) atoms. The van der Waals surface area contributed by atoms with Crippen LogP contribution in [0.3, 0.4) is 0 Å². The van der Waals surface area contributed by atoms with E-state index < -0.39 is 0 Å². The molecule has 0 spiro atoms. The van der Waals surface area contributed by atoms with Crippen molar-refractivity contribution in [1.29, 1.82) is 0 Å². The van der Waals surface area contributed by atoms with Crippen molar-refractivity contribution in [3.63, 3.8) is 0 Å². The number of anilines is 1. The third kappa shape index (κ3) is 4.23. The first kappa shape index (κ1) is 19.0. The van der Waals surface area contributed by atoms with E-state index in [0.717, 1.165) is 41.6 Å². The highest BCUT2D eigenvalue weighted by molar-refractivity contribution is 7.80. The lowest BCUT2D eigenvalue weighted by molar-refractivity contribution is 0.238. The average molecular weight is 413 g/mol. The second-order valence-electron chi connectivity index (χ2n) is 7.34. The number of nitrogens with zero attached hydrogens (tertiary/aromatic N) is 5. The smallest absolute Gasteiger partial charge is 0.214 e. The molecule has 1 aliphatic heterocycles. The Balaban J connectivity index is 1.31. The predicted octanol–water partition coefficient (Wildman–Crippen LogP) is 4.56. The zero-order chi connectivity index (χ0) is 19.5. The molecule has 146 valence electrons. The number of thiophene rings is 1. The molecule has 0 amide bonds. The number of aromatic nitrogens is 4. The van der Waals surface area contributed by atoms with E-state index in [0.29, 0.717) is 11.7 Å². The normalized spacial score (nSPS) is 15.2. The van der Waals surface area contributed by atoms with Crippen LogP contribution < -0.4 is 5.32 Å². The van der Waals surface area contributed by atoms with Crippen molar-refractivity contribution in [2.45, 2.75) is 38.6 Å². The van der Waals surface area contributed by atoms with Gasteiger partial charge in [-0.15, -0.1) is 21.5 Å². The Labute approximate surface area is 174 Å². The van der Waals surface area contributed by atoms with Crippen LogP contribution in [-0.2, 0) is 0 Å². The Hall–Kier alpha value is -2.32. The van der Waals surface area contributed by atoms with Crippen molar-refractivity contribution in [2.24, 2.45) is 0 Å². The van der Waals surface area contributed by atoms with E-state index in [1.54, 1.807) is 16.1 Å². The van der Waals surface area contributed by atoms with Crippen LogP contribution in [0.25, 0.3) is 10.7 Å². The van der Waals surface area contributed by atoms with E-state index in [-0.39, 0.29) is 6.04 Å². The maximum Gasteiger partial charge on any atom is 0.214 e. The molecule has 8 heteroatoms. The molecule has 6 nitrogen and oxygen atoms in total. The number of nitrogens with one attached hydrogen (secondary N) is 1. The number of likely N-dealkylation sites (tertiary alicyclic amines) is 1. The predicted molar refractivity (Wildman–Crippen MR) is 118 cm³/mol. The van der Waals surface area contributed by atoms with Crippen LogP contribution in [0, 0.1) is 0 Å². The van der Waals surface area contributed by atoms with E-state index in [4.69, 9.17) is 12.2 Å². The van der Waals surface area contributed by atoms with Gasteiger partial charge in [-0.25, -0.2) is 0 Å². The summed E-state index contributed by atoms with van der Waals surface area (Å²) in [5, 5.41) is 19.2. The Morgan fingerprint density at radius 2 is 1.93 bits per heavy atom. The van der Waals surface area contributed by atoms with Crippen LogP contribution in [0.1, 0.15) is 44.2 Å². The topological polar surface area (TPSA) is 58.9 Å². The second kappa shape index (κ2) is 8.36. The van der Waals surface area contributed by atoms with E-state index >= 15 is 0 Å². The minimum absolute atomic E-state index is 0.269. The monoisotopic (exact) mass is 412 g/mol. The number of tetrazole rings is 1. The highest BCUT2D eigenvalue weighted by Crippen LogP contribution is 2.25. The number of piperidine rings is 1. The third-order valence-electron chi connectivity index (χ3n) is 5.08. The number of benzene rings is 1. The molecule has 0 bridgehead atoms. The number of hydrogen-bond donors (Lipinski definition) is 1. The average Bonchev–Trinajstić information content (AvgIpc) is 3.40. The molecule has 4 rings (SSSR count). The van der Waals surface area contributed by atoms with Gasteiger partial charge in [-0.3, -0.25) is 0 Å². The quantitative estimate of drug-likeness (QED) is 0.634. The summed E-state index contributed by atoms with van der Waals surface area (Å²) in [7, 11) is 0. The van der Waals surface area contributed by atoms with Crippen molar-refractivity contribution < 1.29 is 0 Å². The molecule has 0 radical (unpaired) electrons. The van der Waals surface area contributed by atoms with E-state index in [2.05, 4.69) is 63.7 Å². The van der Waals surface area contributed by atoms with E-state index in [1.807, 2.05) is 17.5 Å². The van der Waals surface area contributed by atoms with Crippen molar-refractivity contribution in [1.82, 2.24) is 25.1 Å². The standard InChI is InChI=1S/C20H24N6S2/c1-14(2)15-5-7-16(8-6-15)21-20(27)25-11-9-17(10-12-25)26-23-19(22-24-26)18-4-3-13-28-18/h3-8,13-14,17H,9-12H2,1-2H3,(H,21,27). The largest absolute Gasteiger partial charge is 0.349 e. The van der Waals surface area contributed by atoms with Crippen LogP contribution >= 0.6 is 23.6 Å². The molecule has 1 aromatic carbocycles. The van der Waals surface area contributed by atoms with Crippen molar-refractivity contribution in [3.05, 3.63) is 47.3 Å². The molecule has 1 fully saturated rings. The molecule has 1 N–H and O–H groups in total. The zero-order valence-electron chi connectivity index (χ0n) is 16.1. The van der Waals surface area contributed by atoms with Gasteiger partial charge in [0.25, 0.3) is 0 Å². The van der Waals surface area contributed by atoms with Gasteiger partial charge in [-0.2, -0.15) is 4.80 Å². The Morgan fingerprint density at radius 1 is 1.18 bits per heavy atom. The fraction of sp³-hybridized carbons (Fsp3) is 0.400. The summed E-state index contributed by atoms with van der Waals surface area (Å²) in [6, 6.07) is 12.8. The summed E-state index contributed by atoms with van der Waals surface area (Å²) in [6.45, 7) is 6.17. The lowest BCUT2D eigenvalue weighted by Gasteiger charge is -2.33. The summed E-state index contributed by atoms with van der Waals surface area (Å²) in [6.07, 6.45) is 1.91. The number of thiocarbonyl (C=S) groups is 1. The fourth-order valence-electron chi connectivity index (χ4n) is 3.34. The van der Waals surface area contributed by atoms with Gasteiger partial charge in [0.15, 0.2) is 5.11 Å². The number of hydrogen-bond acceptors (Lipinski definition) is 5. The van der Waals surface area contributed by atoms with Gasteiger partial charge in [-0.1, -0.05) is 32.0 Å². The molecule has 1 saturated heterocycles. The Bertz CT molecular complexity index is 909. The maximum atomic E-state index is 5.62. The minimum atomic E-state index is 0.269. The number of rotatable bonds is 4. The van der Waals surface area contributed by atoms with Crippen molar-refractivity contribution >= 4 is 34.4 Å². The molecule has 0 atom stereocenters. The van der Waals surface area contributed by atoms with Crippen LogP contribution in [0.5, 0.6) is 0 Å². The van der Waals surface area contributed by atoms with Crippen LogP contribution in [0.15, 0.2) is 41.8 Å². The fourth-order valence-corrected chi connectivity index (χ4v) is 4.29. The van der Waals surface area contributed by atoms with Gasteiger partial charge >= 0.3 is 0 Å². The van der Waals surface area contributed by atoms with E-state index in [9.17, 15) is 0 Å². The summed E-state index contributed by atoms with van der Waals surface area (Å²) < 4.78 is 0. The zero-order valence-corrected chi connectivity index (χ0v) is 17.7. The van der Waals surface area contributed by atoms with Gasteiger partial charge in [0.05, 0.1) is 10.9 Å². The molecule has 0 aliphatic carbocycles. The summed E-state index contributed by atoms with van der Waals surface area (Å²) in [5.41, 5.74) is 2.37.